The number of aromatic nitrogens is 1. The summed E-state index contributed by atoms with van der Waals surface area (Å²) in [7, 11) is 2.90. The summed E-state index contributed by atoms with van der Waals surface area (Å²) in [6.45, 7) is 0.516. The second-order valence-corrected chi connectivity index (χ2v) is 4.68. The molecule has 6 heteroatoms. The smallest absolute Gasteiger partial charge is 0.340 e. The van der Waals surface area contributed by atoms with E-state index in [1.54, 1.807) is 37.6 Å². The Balaban J connectivity index is 2.13. The average Bonchev–Trinajstić information content (AvgIpc) is 2.53. The highest BCUT2D eigenvalue weighted by molar-refractivity contribution is 6.31. The number of rotatable bonds is 5. The summed E-state index contributed by atoms with van der Waals surface area (Å²) in [5.41, 5.74) is 2.01. The highest BCUT2D eigenvalue weighted by Gasteiger charge is 2.12. The second kappa shape index (κ2) is 6.95. The maximum absolute atomic E-state index is 11.7. The van der Waals surface area contributed by atoms with Crippen molar-refractivity contribution in [3.8, 4) is 5.88 Å². The Bertz CT molecular complexity index is 629. The van der Waals surface area contributed by atoms with Crippen LogP contribution in [-0.2, 0) is 11.3 Å². The molecule has 0 saturated heterocycles. The van der Waals surface area contributed by atoms with Crippen LogP contribution >= 0.6 is 11.6 Å². The summed E-state index contributed by atoms with van der Waals surface area (Å²) >= 11 is 5.91. The number of esters is 1. The molecule has 0 atom stereocenters. The van der Waals surface area contributed by atoms with Crippen molar-refractivity contribution in [3.63, 3.8) is 0 Å². The van der Waals surface area contributed by atoms with Crippen LogP contribution in [0.4, 0.5) is 5.69 Å². The van der Waals surface area contributed by atoms with E-state index in [9.17, 15) is 4.79 Å². The molecule has 5 nitrogen and oxygen atoms in total. The zero-order valence-corrected chi connectivity index (χ0v) is 12.5. The lowest BCUT2D eigenvalue weighted by Crippen LogP contribution is -2.08. The van der Waals surface area contributed by atoms with Gasteiger partial charge in [0.1, 0.15) is 0 Å². The fourth-order valence-electron chi connectivity index (χ4n) is 1.78. The molecule has 1 aromatic carbocycles. The zero-order valence-electron chi connectivity index (χ0n) is 11.7. The van der Waals surface area contributed by atoms with E-state index >= 15 is 0 Å². The van der Waals surface area contributed by atoms with Gasteiger partial charge in [-0.3, -0.25) is 0 Å². The fraction of sp³-hybridized carbons (Fsp3) is 0.200. The van der Waals surface area contributed by atoms with E-state index in [2.05, 4.69) is 10.3 Å². The second-order valence-electron chi connectivity index (χ2n) is 4.24. The topological polar surface area (TPSA) is 60.5 Å². The molecule has 2 rings (SSSR count). The minimum absolute atomic E-state index is 0.395. The van der Waals surface area contributed by atoms with Gasteiger partial charge in [-0.1, -0.05) is 17.7 Å². The number of nitrogens with one attached hydrogen (secondary N) is 1. The number of ether oxygens (including phenoxy) is 2. The van der Waals surface area contributed by atoms with Crippen LogP contribution in [0.15, 0.2) is 36.5 Å². The summed E-state index contributed by atoms with van der Waals surface area (Å²) in [6.07, 6.45) is 1.71. The van der Waals surface area contributed by atoms with Crippen LogP contribution in [0.3, 0.4) is 0 Å². The summed E-state index contributed by atoms with van der Waals surface area (Å²) < 4.78 is 9.75. The van der Waals surface area contributed by atoms with Gasteiger partial charge in [0, 0.05) is 29.5 Å². The van der Waals surface area contributed by atoms with E-state index < -0.39 is 5.97 Å². The lowest BCUT2D eigenvalue weighted by molar-refractivity contribution is 0.0602. The van der Waals surface area contributed by atoms with Crippen LogP contribution in [0.25, 0.3) is 0 Å². The first-order chi connectivity index (χ1) is 10.1. The first-order valence-corrected chi connectivity index (χ1v) is 6.62. The molecule has 0 unspecified atom stereocenters. The van der Waals surface area contributed by atoms with Crippen LogP contribution < -0.4 is 10.1 Å². The number of hydrogen-bond donors (Lipinski definition) is 1. The van der Waals surface area contributed by atoms with Crippen LogP contribution in [0.2, 0.25) is 5.02 Å². The van der Waals surface area contributed by atoms with Crippen molar-refractivity contribution in [2.24, 2.45) is 0 Å². The number of pyridine rings is 1. The number of nitrogens with zero attached hydrogens (tertiary/aromatic N) is 1. The van der Waals surface area contributed by atoms with Crippen molar-refractivity contribution in [1.82, 2.24) is 4.98 Å². The lowest BCUT2D eigenvalue weighted by Gasteiger charge is -2.11. The van der Waals surface area contributed by atoms with Gasteiger partial charge in [0.15, 0.2) is 0 Å². The number of methoxy groups -OCH3 is 2. The zero-order chi connectivity index (χ0) is 15.2. The third kappa shape index (κ3) is 3.86. The number of carbonyl (C=O) groups is 1. The highest BCUT2D eigenvalue weighted by Crippen LogP contribution is 2.22. The first kappa shape index (κ1) is 15.1. The Labute approximate surface area is 127 Å². The van der Waals surface area contributed by atoms with Crippen molar-refractivity contribution in [3.05, 3.63) is 52.7 Å². The van der Waals surface area contributed by atoms with Crippen molar-refractivity contribution in [1.29, 1.82) is 0 Å². The summed E-state index contributed by atoms with van der Waals surface area (Å²) in [6, 6.07) is 8.70. The van der Waals surface area contributed by atoms with Gasteiger partial charge in [-0.05, 0) is 23.8 Å². The third-order valence-corrected chi connectivity index (χ3v) is 3.11. The molecule has 1 heterocycles. The standard InChI is InChI=1S/C15H15ClN2O3/c1-20-14-6-3-10(9-18-14)8-17-13-5-4-11(16)7-12(13)15(19)21-2/h3-7,9,17H,8H2,1-2H3. The molecule has 0 aliphatic heterocycles. The molecule has 2 aromatic rings. The lowest BCUT2D eigenvalue weighted by atomic mass is 10.1. The van der Waals surface area contributed by atoms with Crippen molar-refractivity contribution in [2.45, 2.75) is 6.54 Å². The number of carbonyl (C=O) groups excluding carboxylic acids is 1. The van der Waals surface area contributed by atoms with E-state index in [0.29, 0.717) is 28.7 Å². The van der Waals surface area contributed by atoms with Crippen LogP contribution in [0, 0.1) is 0 Å². The van der Waals surface area contributed by atoms with Gasteiger partial charge in [0.05, 0.1) is 19.8 Å². The molecule has 110 valence electrons. The van der Waals surface area contributed by atoms with E-state index in [4.69, 9.17) is 21.1 Å². The van der Waals surface area contributed by atoms with Gasteiger partial charge in [0.2, 0.25) is 5.88 Å². The first-order valence-electron chi connectivity index (χ1n) is 6.24. The minimum Gasteiger partial charge on any atom is -0.481 e. The summed E-state index contributed by atoms with van der Waals surface area (Å²) in [4.78, 5) is 15.9. The Morgan fingerprint density at radius 1 is 1.29 bits per heavy atom. The third-order valence-electron chi connectivity index (χ3n) is 2.88. The van der Waals surface area contributed by atoms with Crippen molar-refractivity contribution in [2.75, 3.05) is 19.5 Å². The SMILES string of the molecule is COC(=O)c1cc(Cl)ccc1NCc1ccc(OC)nc1. The fourth-order valence-corrected chi connectivity index (χ4v) is 1.96. The predicted octanol–water partition coefficient (Wildman–Crippen LogP) is 3.14. The van der Waals surface area contributed by atoms with Gasteiger partial charge in [-0.15, -0.1) is 0 Å². The number of halogens is 1. The predicted molar refractivity (Wildman–Crippen MR) is 80.9 cm³/mol. The molecule has 0 aliphatic carbocycles. The molecular formula is C15H15ClN2O3. The summed E-state index contributed by atoms with van der Waals surface area (Å²) in [5.74, 6) is 0.119. The van der Waals surface area contributed by atoms with Crippen molar-refractivity contribution >= 4 is 23.3 Å². The quantitative estimate of drug-likeness (QED) is 0.860. The van der Waals surface area contributed by atoms with Crippen LogP contribution in [-0.4, -0.2) is 25.2 Å². The van der Waals surface area contributed by atoms with E-state index in [1.807, 2.05) is 6.07 Å². The molecule has 0 aliphatic rings. The van der Waals surface area contributed by atoms with Gasteiger partial charge in [-0.25, -0.2) is 9.78 Å². The largest absolute Gasteiger partial charge is 0.481 e. The monoisotopic (exact) mass is 306 g/mol. The van der Waals surface area contributed by atoms with Crippen LogP contribution in [0.5, 0.6) is 5.88 Å². The molecule has 21 heavy (non-hydrogen) atoms. The van der Waals surface area contributed by atoms with Crippen LogP contribution in [0.1, 0.15) is 15.9 Å². The molecular weight excluding hydrogens is 292 g/mol. The van der Waals surface area contributed by atoms with Crippen molar-refractivity contribution < 1.29 is 14.3 Å². The maximum Gasteiger partial charge on any atom is 0.340 e. The number of benzene rings is 1. The molecule has 0 amide bonds. The Kier molecular flexibility index (Phi) is 5.00. The molecule has 0 saturated carbocycles. The molecule has 0 spiro atoms. The normalized spacial score (nSPS) is 10.0. The Morgan fingerprint density at radius 3 is 2.71 bits per heavy atom. The average molecular weight is 307 g/mol. The maximum atomic E-state index is 11.7. The van der Waals surface area contributed by atoms with Gasteiger partial charge >= 0.3 is 5.97 Å². The molecule has 0 radical (unpaired) electrons. The highest BCUT2D eigenvalue weighted by atomic mass is 35.5. The number of anilines is 1. The van der Waals surface area contributed by atoms with Gasteiger partial charge in [-0.2, -0.15) is 0 Å². The molecule has 0 bridgehead atoms. The van der Waals surface area contributed by atoms with E-state index in [-0.39, 0.29) is 0 Å². The molecule has 0 fully saturated rings. The molecule has 1 N–H and O–H groups in total. The summed E-state index contributed by atoms with van der Waals surface area (Å²) in [5, 5.41) is 3.65. The van der Waals surface area contributed by atoms with E-state index in [1.165, 1.54) is 7.11 Å². The van der Waals surface area contributed by atoms with Gasteiger partial charge < -0.3 is 14.8 Å². The Hall–Kier alpha value is -2.27. The Morgan fingerprint density at radius 2 is 2.10 bits per heavy atom. The minimum atomic E-state index is -0.437. The number of hydrogen-bond acceptors (Lipinski definition) is 5. The van der Waals surface area contributed by atoms with E-state index in [0.717, 1.165) is 5.56 Å². The van der Waals surface area contributed by atoms with Gasteiger partial charge in [0.25, 0.3) is 0 Å². The molecule has 1 aromatic heterocycles.